The average Bonchev–Trinajstić information content (AvgIpc) is 1.02. The fourth-order valence-electron chi connectivity index (χ4n) is 12.3. The van der Waals surface area contributed by atoms with Crippen molar-refractivity contribution in [3.63, 3.8) is 0 Å². The summed E-state index contributed by atoms with van der Waals surface area (Å²) in [5.41, 5.74) is 0. The largest absolute Gasteiger partial charge is 0.472 e. The molecule has 0 spiro atoms. The summed E-state index contributed by atoms with van der Waals surface area (Å²) in [5.74, 6) is -2.10. The number of ether oxygens (including phenoxy) is 4. The average molecular weight is 1440 g/mol. The highest BCUT2D eigenvalue weighted by molar-refractivity contribution is 7.47. The third-order valence-electron chi connectivity index (χ3n) is 18.6. The van der Waals surface area contributed by atoms with E-state index in [1.807, 2.05) is 0 Å². The SMILES string of the molecule is CCCCCCCCCCCCCCCCCCCC(=O)O[C@H](COC(=O)CCCCCCCCCCCCCCC)COP(=O)(O)OC[C@@H](O)COP(=O)(O)OC[C@@H](COC(=O)CCCCCCCCCCCCCCCCC)OC(=O)CCCCCCCCCCCCCCC. The van der Waals surface area contributed by atoms with Gasteiger partial charge in [0.25, 0.3) is 0 Å². The molecule has 0 amide bonds. The van der Waals surface area contributed by atoms with E-state index in [9.17, 15) is 43.2 Å². The Morgan fingerprint density at radius 1 is 0.245 bits per heavy atom. The number of phosphoric acid groups is 2. The van der Waals surface area contributed by atoms with Gasteiger partial charge in [0.2, 0.25) is 0 Å². The van der Waals surface area contributed by atoms with E-state index < -0.39 is 97.5 Å². The third-order valence-corrected chi connectivity index (χ3v) is 20.5. The molecule has 19 heteroatoms. The molecule has 0 heterocycles. The number of rotatable bonds is 80. The minimum Gasteiger partial charge on any atom is -0.462 e. The fraction of sp³-hybridized carbons (Fsp3) is 0.949. The second kappa shape index (κ2) is 73.4. The number of esters is 4. The number of hydrogen-bond donors (Lipinski definition) is 3. The van der Waals surface area contributed by atoms with Crippen molar-refractivity contribution < 1.29 is 80.2 Å². The van der Waals surface area contributed by atoms with Crippen LogP contribution in [-0.4, -0.2) is 96.7 Å². The smallest absolute Gasteiger partial charge is 0.462 e. The van der Waals surface area contributed by atoms with Gasteiger partial charge in [0.1, 0.15) is 19.3 Å². The van der Waals surface area contributed by atoms with Crippen molar-refractivity contribution in [2.24, 2.45) is 0 Å². The summed E-state index contributed by atoms with van der Waals surface area (Å²) in [7, 11) is -9.91. The molecule has 0 aromatic heterocycles. The van der Waals surface area contributed by atoms with Gasteiger partial charge in [-0.1, -0.05) is 374 Å². The Hall–Kier alpha value is -1.94. The molecule has 0 aromatic rings. The maximum atomic E-state index is 13.1. The minimum absolute atomic E-state index is 0.109. The van der Waals surface area contributed by atoms with E-state index in [2.05, 4.69) is 27.7 Å². The Labute approximate surface area is 600 Å². The predicted octanol–water partition coefficient (Wildman–Crippen LogP) is 23.8. The molecule has 582 valence electrons. The normalized spacial score (nSPS) is 13.8. The maximum Gasteiger partial charge on any atom is 0.472 e. The number of aliphatic hydroxyl groups excluding tert-OH is 1. The van der Waals surface area contributed by atoms with E-state index in [1.54, 1.807) is 0 Å². The van der Waals surface area contributed by atoms with Crippen molar-refractivity contribution >= 4 is 39.5 Å². The first-order valence-electron chi connectivity index (χ1n) is 41.3. The van der Waals surface area contributed by atoms with Crippen LogP contribution in [0.25, 0.3) is 0 Å². The lowest BCUT2D eigenvalue weighted by molar-refractivity contribution is -0.161. The van der Waals surface area contributed by atoms with Crippen molar-refractivity contribution in [3.8, 4) is 0 Å². The van der Waals surface area contributed by atoms with Gasteiger partial charge in [-0.15, -0.1) is 0 Å². The number of phosphoric ester groups is 2. The van der Waals surface area contributed by atoms with Crippen molar-refractivity contribution in [1.29, 1.82) is 0 Å². The summed E-state index contributed by atoms with van der Waals surface area (Å²) in [5, 5.41) is 10.6. The zero-order valence-corrected chi connectivity index (χ0v) is 65.6. The quantitative estimate of drug-likeness (QED) is 0.0222. The Balaban J connectivity index is 5.25. The highest BCUT2D eigenvalue weighted by atomic mass is 31.2. The summed E-state index contributed by atoms with van der Waals surface area (Å²) in [6.07, 6.45) is 65.0. The highest BCUT2D eigenvalue weighted by Crippen LogP contribution is 2.45. The maximum absolute atomic E-state index is 13.1. The number of unbranched alkanes of at least 4 members (excludes halogenated alkanes) is 54. The Morgan fingerprint density at radius 2 is 0.408 bits per heavy atom. The molecular formula is C79H154O17P2. The summed E-state index contributed by atoms with van der Waals surface area (Å²) >= 11 is 0. The summed E-state index contributed by atoms with van der Waals surface area (Å²) in [4.78, 5) is 73.0. The van der Waals surface area contributed by atoms with Gasteiger partial charge in [0.15, 0.2) is 12.2 Å². The van der Waals surface area contributed by atoms with Crippen LogP contribution in [-0.2, 0) is 65.4 Å². The van der Waals surface area contributed by atoms with Crippen molar-refractivity contribution in [1.82, 2.24) is 0 Å². The molecule has 0 saturated heterocycles. The Kier molecular flexibility index (Phi) is 71.9. The first-order chi connectivity index (χ1) is 47.7. The molecule has 5 atom stereocenters. The number of carbonyl (C=O) groups excluding carboxylic acids is 4. The van der Waals surface area contributed by atoms with Crippen LogP contribution in [0.2, 0.25) is 0 Å². The monoisotopic (exact) mass is 1440 g/mol. The van der Waals surface area contributed by atoms with E-state index in [-0.39, 0.29) is 25.7 Å². The van der Waals surface area contributed by atoms with Gasteiger partial charge < -0.3 is 33.8 Å². The molecule has 0 rings (SSSR count). The van der Waals surface area contributed by atoms with Crippen molar-refractivity contribution in [2.75, 3.05) is 39.6 Å². The topological polar surface area (TPSA) is 237 Å². The molecule has 17 nitrogen and oxygen atoms in total. The van der Waals surface area contributed by atoms with Gasteiger partial charge in [0, 0.05) is 25.7 Å². The summed E-state index contributed by atoms with van der Waals surface area (Å²) < 4.78 is 68.7. The zero-order chi connectivity index (χ0) is 71.8. The summed E-state index contributed by atoms with van der Waals surface area (Å²) in [6, 6.07) is 0. The van der Waals surface area contributed by atoms with Crippen molar-refractivity contribution in [2.45, 2.75) is 444 Å². The molecule has 2 unspecified atom stereocenters. The van der Waals surface area contributed by atoms with Crippen LogP contribution < -0.4 is 0 Å². The fourth-order valence-corrected chi connectivity index (χ4v) is 13.9. The molecule has 0 radical (unpaired) electrons. The van der Waals surface area contributed by atoms with Gasteiger partial charge in [-0.05, 0) is 25.7 Å². The second-order valence-corrected chi connectivity index (χ2v) is 31.4. The third kappa shape index (κ3) is 72.4. The second-order valence-electron chi connectivity index (χ2n) is 28.5. The van der Waals surface area contributed by atoms with Crippen LogP contribution >= 0.6 is 15.6 Å². The highest BCUT2D eigenvalue weighted by Gasteiger charge is 2.30. The van der Waals surface area contributed by atoms with Crippen LogP contribution in [0.5, 0.6) is 0 Å². The van der Waals surface area contributed by atoms with Gasteiger partial charge in [-0.25, -0.2) is 9.13 Å². The zero-order valence-electron chi connectivity index (χ0n) is 63.8. The van der Waals surface area contributed by atoms with E-state index in [0.29, 0.717) is 25.7 Å². The Bertz CT molecular complexity index is 1860. The van der Waals surface area contributed by atoms with Crippen LogP contribution in [0.4, 0.5) is 0 Å². The summed E-state index contributed by atoms with van der Waals surface area (Å²) in [6.45, 7) is 5.03. The lowest BCUT2D eigenvalue weighted by atomic mass is 10.0. The lowest BCUT2D eigenvalue weighted by Crippen LogP contribution is -2.30. The predicted molar refractivity (Wildman–Crippen MR) is 400 cm³/mol. The van der Waals surface area contributed by atoms with Gasteiger partial charge in [0.05, 0.1) is 26.4 Å². The molecular weight excluding hydrogens is 1280 g/mol. The number of carbonyl (C=O) groups is 4. The molecule has 0 aliphatic rings. The van der Waals surface area contributed by atoms with Crippen molar-refractivity contribution in [3.05, 3.63) is 0 Å². The molecule has 0 saturated carbocycles. The van der Waals surface area contributed by atoms with E-state index >= 15 is 0 Å². The molecule has 98 heavy (non-hydrogen) atoms. The van der Waals surface area contributed by atoms with Gasteiger partial charge in [-0.2, -0.15) is 0 Å². The van der Waals surface area contributed by atoms with E-state index in [0.717, 1.165) is 89.9 Å². The molecule has 0 bridgehead atoms. The molecule has 0 aliphatic carbocycles. The Morgan fingerprint density at radius 3 is 0.602 bits per heavy atom. The number of hydrogen-bond acceptors (Lipinski definition) is 15. The van der Waals surface area contributed by atoms with E-state index in [4.69, 9.17) is 37.0 Å². The number of aliphatic hydroxyl groups is 1. The molecule has 3 N–H and O–H groups in total. The van der Waals surface area contributed by atoms with Crippen LogP contribution in [0.1, 0.15) is 426 Å². The van der Waals surface area contributed by atoms with Gasteiger partial charge >= 0.3 is 39.5 Å². The standard InChI is InChI=1S/C79H154O17P2/c1-5-9-13-17-21-25-29-33-35-36-38-42-46-50-54-58-62-66-79(84)96-75(69-89-76(81)63-59-55-51-47-43-39-31-27-23-19-15-11-7-3)72-94-98(87,88)92-68-73(80)67-91-97(85,86)93-71-74(95-78(83)65-61-57-53-49-45-40-32-28-24-20-16-12-8-4)70-90-77(82)64-60-56-52-48-44-41-37-34-30-26-22-18-14-10-6-2/h73-75,80H,5-72H2,1-4H3,(H,85,86)(H,87,88)/t73-,74+,75+/m0/s1. The molecule has 0 aliphatic heterocycles. The first-order valence-corrected chi connectivity index (χ1v) is 44.3. The molecule has 0 aromatic carbocycles. The molecule has 0 fully saturated rings. The van der Waals surface area contributed by atoms with Gasteiger partial charge in [-0.3, -0.25) is 37.3 Å². The van der Waals surface area contributed by atoms with Crippen LogP contribution in [0.3, 0.4) is 0 Å². The first kappa shape index (κ1) is 96.1. The van der Waals surface area contributed by atoms with Crippen LogP contribution in [0.15, 0.2) is 0 Å². The van der Waals surface area contributed by atoms with Crippen LogP contribution in [0, 0.1) is 0 Å². The lowest BCUT2D eigenvalue weighted by Gasteiger charge is -2.21. The minimum atomic E-state index is -4.96. The van der Waals surface area contributed by atoms with E-state index in [1.165, 1.54) is 257 Å².